The lowest BCUT2D eigenvalue weighted by molar-refractivity contribution is 0.0981. The molecule has 0 bridgehead atoms. The van der Waals surface area contributed by atoms with Gasteiger partial charge in [0.2, 0.25) is 0 Å². The first-order chi connectivity index (χ1) is 11.4. The second kappa shape index (κ2) is 6.05. The minimum Gasteiger partial charge on any atom is -0.268 e. The van der Waals surface area contributed by atoms with Crippen molar-refractivity contribution >= 4 is 26.7 Å². The summed E-state index contributed by atoms with van der Waals surface area (Å²) in [7, 11) is -3.98. The molecule has 2 aromatic carbocycles. The van der Waals surface area contributed by atoms with Crippen LogP contribution < -0.4 is 4.72 Å². The van der Waals surface area contributed by atoms with Crippen molar-refractivity contribution in [2.75, 3.05) is 0 Å². The third-order valence-electron chi connectivity index (χ3n) is 3.93. The lowest BCUT2D eigenvalue weighted by atomic mass is 10.1. The third-order valence-corrected chi connectivity index (χ3v) is 5.32. The van der Waals surface area contributed by atoms with Crippen LogP contribution in [0.2, 0.25) is 0 Å². The largest absolute Gasteiger partial charge is 0.268 e. The van der Waals surface area contributed by atoms with Crippen LogP contribution >= 0.6 is 0 Å². The highest BCUT2D eigenvalue weighted by Crippen LogP contribution is 2.22. The number of fused-ring (bicyclic) bond motifs is 1. The van der Waals surface area contributed by atoms with E-state index < -0.39 is 15.9 Å². The van der Waals surface area contributed by atoms with E-state index in [1.165, 1.54) is 12.3 Å². The van der Waals surface area contributed by atoms with Crippen LogP contribution in [-0.2, 0) is 10.0 Å². The summed E-state index contributed by atoms with van der Waals surface area (Å²) in [5.41, 5.74) is 2.27. The zero-order valence-electron chi connectivity index (χ0n) is 13.3. The molecular formula is C18H16N2O3S. The van der Waals surface area contributed by atoms with E-state index in [0.29, 0.717) is 16.3 Å². The Balaban J connectivity index is 1.98. The zero-order valence-corrected chi connectivity index (χ0v) is 14.1. The van der Waals surface area contributed by atoms with E-state index in [4.69, 9.17) is 0 Å². The Morgan fingerprint density at radius 1 is 1.04 bits per heavy atom. The Morgan fingerprint density at radius 2 is 1.83 bits per heavy atom. The van der Waals surface area contributed by atoms with Gasteiger partial charge in [0.15, 0.2) is 0 Å². The van der Waals surface area contributed by atoms with E-state index in [2.05, 4.69) is 9.71 Å². The van der Waals surface area contributed by atoms with Gasteiger partial charge in [-0.2, -0.15) is 0 Å². The van der Waals surface area contributed by atoms with Crippen molar-refractivity contribution in [1.82, 2.24) is 9.71 Å². The summed E-state index contributed by atoms with van der Waals surface area (Å²) in [4.78, 5) is 16.4. The van der Waals surface area contributed by atoms with Gasteiger partial charge in [-0.05, 0) is 49.2 Å². The molecule has 24 heavy (non-hydrogen) atoms. The number of nitrogens with one attached hydrogen (secondary N) is 1. The SMILES string of the molecule is Cc1ccc(C(=O)NS(=O)(=O)c2cccc3cnccc23)cc1C. The minimum absolute atomic E-state index is 0.0552. The van der Waals surface area contributed by atoms with Crippen LogP contribution in [0.3, 0.4) is 0 Å². The highest BCUT2D eigenvalue weighted by atomic mass is 32.2. The molecule has 1 amide bonds. The molecule has 3 aromatic rings. The molecule has 0 aliphatic rings. The van der Waals surface area contributed by atoms with Gasteiger partial charge < -0.3 is 0 Å². The number of aromatic nitrogens is 1. The summed E-state index contributed by atoms with van der Waals surface area (Å²) >= 11 is 0. The number of pyridine rings is 1. The first-order valence-electron chi connectivity index (χ1n) is 7.35. The molecule has 5 nitrogen and oxygen atoms in total. The van der Waals surface area contributed by atoms with Crippen molar-refractivity contribution in [3.63, 3.8) is 0 Å². The van der Waals surface area contributed by atoms with E-state index >= 15 is 0 Å². The van der Waals surface area contributed by atoms with Crippen molar-refractivity contribution in [3.05, 3.63) is 71.5 Å². The van der Waals surface area contributed by atoms with Crippen molar-refractivity contribution in [1.29, 1.82) is 0 Å². The van der Waals surface area contributed by atoms with Crippen LogP contribution in [0.25, 0.3) is 10.8 Å². The van der Waals surface area contributed by atoms with Crippen LogP contribution in [0, 0.1) is 13.8 Å². The highest BCUT2D eigenvalue weighted by Gasteiger charge is 2.21. The summed E-state index contributed by atoms with van der Waals surface area (Å²) in [5, 5.41) is 1.21. The number of nitrogens with zero attached hydrogens (tertiary/aromatic N) is 1. The van der Waals surface area contributed by atoms with Gasteiger partial charge in [0.1, 0.15) is 0 Å². The molecule has 0 aliphatic heterocycles. The highest BCUT2D eigenvalue weighted by molar-refractivity contribution is 7.90. The van der Waals surface area contributed by atoms with Crippen molar-refractivity contribution in [3.8, 4) is 0 Å². The van der Waals surface area contributed by atoms with E-state index in [1.807, 2.05) is 13.8 Å². The third kappa shape index (κ3) is 3.00. The molecular weight excluding hydrogens is 324 g/mol. The van der Waals surface area contributed by atoms with Crippen LogP contribution in [0.5, 0.6) is 0 Å². The molecule has 122 valence electrons. The fourth-order valence-electron chi connectivity index (χ4n) is 2.45. The van der Waals surface area contributed by atoms with Crippen molar-refractivity contribution in [2.24, 2.45) is 0 Å². The first kappa shape index (κ1) is 16.1. The molecule has 1 N–H and O–H groups in total. The van der Waals surface area contributed by atoms with Gasteiger partial charge in [-0.1, -0.05) is 18.2 Å². The summed E-state index contributed by atoms with van der Waals surface area (Å²) in [6, 6.07) is 11.6. The molecule has 0 radical (unpaired) electrons. The second-order valence-electron chi connectivity index (χ2n) is 5.59. The van der Waals surface area contributed by atoms with Crippen LogP contribution in [0.4, 0.5) is 0 Å². The lowest BCUT2D eigenvalue weighted by Crippen LogP contribution is -2.30. The quantitative estimate of drug-likeness (QED) is 0.795. The summed E-state index contributed by atoms with van der Waals surface area (Å²) < 4.78 is 27.4. The number of aryl methyl sites for hydroxylation is 2. The van der Waals surface area contributed by atoms with Crippen LogP contribution in [-0.4, -0.2) is 19.3 Å². The molecule has 0 unspecified atom stereocenters. The normalized spacial score (nSPS) is 11.4. The number of hydrogen-bond acceptors (Lipinski definition) is 4. The lowest BCUT2D eigenvalue weighted by Gasteiger charge is -2.10. The predicted molar refractivity (Wildman–Crippen MR) is 92.3 cm³/mol. The Morgan fingerprint density at radius 3 is 2.58 bits per heavy atom. The molecule has 0 aliphatic carbocycles. The van der Waals surface area contributed by atoms with Gasteiger partial charge in [-0.15, -0.1) is 0 Å². The Hall–Kier alpha value is -2.73. The second-order valence-corrected chi connectivity index (χ2v) is 7.24. The molecule has 0 spiro atoms. The maximum atomic E-state index is 12.6. The Labute approximate surface area is 140 Å². The molecule has 1 heterocycles. The number of benzene rings is 2. The fraction of sp³-hybridized carbons (Fsp3) is 0.111. The van der Waals surface area contributed by atoms with Gasteiger partial charge in [0.25, 0.3) is 15.9 Å². The number of amides is 1. The van der Waals surface area contributed by atoms with Gasteiger partial charge >= 0.3 is 0 Å². The standard InChI is InChI=1S/C18H16N2O3S/c1-12-6-7-14(10-13(12)2)18(21)20-24(22,23)17-5-3-4-15-11-19-9-8-16(15)17/h3-11H,1-2H3,(H,20,21). The van der Waals surface area contributed by atoms with E-state index in [9.17, 15) is 13.2 Å². The van der Waals surface area contributed by atoms with Crippen LogP contribution in [0.1, 0.15) is 21.5 Å². The number of sulfonamides is 1. The summed E-state index contributed by atoms with van der Waals surface area (Å²) in [6.07, 6.45) is 3.10. The number of carbonyl (C=O) groups excluding carboxylic acids is 1. The van der Waals surface area contributed by atoms with Crippen LogP contribution in [0.15, 0.2) is 59.8 Å². The monoisotopic (exact) mass is 340 g/mol. The molecule has 1 aromatic heterocycles. The topological polar surface area (TPSA) is 76.1 Å². The van der Waals surface area contributed by atoms with Crippen molar-refractivity contribution < 1.29 is 13.2 Å². The average molecular weight is 340 g/mol. The van der Waals surface area contributed by atoms with E-state index in [0.717, 1.165) is 11.1 Å². The summed E-state index contributed by atoms with van der Waals surface area (Å²) in [5.74, 6) is -0.649. The zero-order chi connectivity index (χ0) is 17.3. The number of carbonyl (C=O) groups is 1. The smallest absolute Gasteiger partial charge is 0.265 e. The molecule has 0 atom stereocenters. The van der Waals surface area contributed by atoms with Gasteiger partial charge in [-0.25, -0.2) is 13.1 Å². The minimum atomic E-state index is -3.98. The molecule has 6 heteroatoms. The Kier molecular flexibility index (Phi) is 4.07. The average Bonchev–Trinajstić information content (AvgIpc) is 2.56. The Bertz CT molecular complexity index is 1040. The van der Waals surface area contributed by atoms with Gasteiger partial charge in [-0.3, -0.25) is 9.78 Å². The fourth-order valence-corrected chi connectivity index (χ4v) is 3.65. The molecule has 0 fully saturated rings. The molecule has 0 saturated heterocycles. The molecule has 3 rings (SSSR count). The first-order valence-corrected chi connectivity index (χ1v) is 8.84. The van der Waals surface area contributed by atoms with Crippen molar-refractivity contribution in [2.45, 2.75) is 18.7 Å². The summed E-state index contributed by atoms with van der Waals surface area (Å²) in [6.45, 7) is 3.80. The maximum Gasteiger partial charge on any atom is 0.265 e. The predicted octanol–water partition coefficient (Wildman–Crippen LogP) is 2.97. The molecule has 0 saturated carbocycles. The van der Waals surface area contributed by atoms with E-state index in [-0.39, 0.29) is 4.90 Å². The van der Waals surface area contributed by atoms with Gasteiger partial charge in [0.05, 0.1) is 4.90 Å². The number of rotatable bonds is 3. The van der Waals surface area contributed by atoms with Gasteiger partial charge in [0, 0.05) is 28.7 Å². The van der Waals surface area contributed by atoms with E-state index in [1.54, 1.807) is 42.6 Å². The number of hydrogen-bond donors (Lipinski definition) is 1. The maximum absolute atomic E-state index is 12.6.